The van der Waals surface area contributed by atoms with Gasteiger partial charge in [-0.1, -0.05) is 29.3 Å². The Kier molecular flexibility index (Phi) is 7.56. The average Bonchev–Trinajstić information content (AvgIpc) is 2.69. The highest BCUT2D eigenvalue weighted by atomic mass is 35.5. The quantitative estimate of drug-likeness (QED) is 0.505. The second-order valence-corrected chi connectivity index (χ2v) is 6.25. The average molecular weight is 421 g/mol. The standard InChI is InChI=1S/C20H18Cl2N2O4/c1-4-28-17-6-5-12(8-14(17)21)7-13(11-23)20(25)24-16-10-18(26-2)15(22)9-19(16)27-3/h5-10H,4H2,1-3H3,(H,24,25)/b13-7+. The molecule has 28 heavy (non-hydrogen) atoms. The van der Waals surface area contributed by atoms with E-state index in [1.807, 2.05) is 13.0 Å². The van der Waals surface area contributed by atoms with E-state index >= 15 is 0 Å². The number of rotatable bonds is 7. The van der Waals surface area contributed by atoms with Gasteiger partial charge in [0, 0.05) is 12.1 Å². The third-order valence-electron chi connectivity index (χ3n) is 3.65. The van der Waals surface area contributed by atoms with Gasteiger partial charge >= 0.3 is 0 Å². The van der Waals surface area contributed by atoms with E-state index < -0.39 is 5.91 Å². The van der Waals surface area contributed by atoms with Crippen LogP contribution in [0.5, 0.6) is 17.2 Å². The molecule has 1 amide bonds. The van der Waals surface area contributed by atoms with E-state index in [1.165, 1.54) is 32.4 Å². The molecule has 0 bridgehead atoms. The summed E-state index contributed by atoms with van der Waals surface area (Å²) in [4.78, 5) is 12.6. The maximum absolute atomic E-state index is 12.6. The predicted octanol–water partition coefficient (Wildman–Crippen LogP) is 4.95. The zero-order valence-corrected chi connectivity index (χ0v) is 17.0. The van der Waals surface area contributed by atoms with Gasteiger partial charge in [0.05, 0.1) is 36.6 Å². The third-order valence-corrected chi connectivity index (χ3v) is 4.24. The first-order valence-electron chi connectivity index (χ1n) is 8.20. The molecule has 8 heteroatoms. The lowest BCUT2D eigenvalue weighted by Gasteiger charge is -2.13. The second kappa shape index (κ2) is 9.88. The SMILES string of the molecule is CCOc1ccc(/C=C(\C#N)C(=O)Nc2cc(OC)c(Cl)cc2OC)cc1Cl. The molecule has 0 saturated heterocycles. The zero-order valence-electron chi connectivity index (χ0n) is 15.5. The minimum Gasteiger partial charge on any atom is -0.495 e. The number of nitrogens with one attached hydrogen (secondary N) is 1. The molecule has 0 fully saturated rings. The van der Waals surface area contributed by atoms with Crippen LogP contribution in [0.1, 0.15) is 12.5 Å². The van der Waals surface area contributed by atoms with Gasteiger partial charge in [-0.25, -0.2) is 0 Å². The highest BCUT2D eigenvalue weighted by Gasteiger charge is 2.16. The van der Waals surface area contributed by atoms with Crippen LogP contribution in [0.2, 0.25) is 10.0 Å². The first-order chi connectivity index (χ1) is 13.4. The summed E-state index contributed by atoms with van der Waals surface area (Å²) < 4.78 is 15.7. The third kappa shape index (κ3) is 5.10. The van der Waals surface area contributed by atoms with Crippen molar-refractivity contribution < 1.29 is 19.0 Å². The Morgan fingerprint density at radius 3 is 2.36 bits per heavy atom. The Hall–Kier alpha value is -2.88. The number of anilines is 1. The predicted molar refractivity (Wildman–Crippen MR) is 109 cm³/mol. The molecule has 2 aromatic rings. The van der Waals surface area contributed by atoms with E-state index in [1.54, 1.807) is 18.2 Å². The van der Waals surface area contributed by atoms with Crippen molar-refractivity contribution in [1.29, 1.82) is 5.26 Å². The fourth-order valence-electron chi connectivity index (χ4n) is 2.34. The summed E-state index contributed by atoms with van der Waals surface area (Å²) in [6, 6.07) is 9.91. The van der Waals surface area contributed by atoms with Gasteiger partial charge in [0.25, 0.3) is 5.91 Å². The van der Waals surface area contributed by atoms with Crippen LogP contribution in [0.3, 0.4) is 0 Å². The number of carbonyl (C=O) groups excluding carboxylic acids is 1. The summed E-state index contributed by atoms with van der Waals surface area (Å²) in [6.07, 6.45) is 1.43. The monoisotopic (exact) mass is 420 g/mol. The molecule has 1 N–H and O–H groups in total. The molecule has 0 spiro atoms. The molecule has 2 aromatic carbocycles. The highest BCUT2D eigenvalue weighted by Crippen LogP contribution is 2.36. The molecule has 146 valence electrons. The van der Waals surface area contributed by atoms with Crippen LogP contribution in [-0.2, 0) is 4.79 Å². The van der Waals surface area contributed by atoms with Gasteiger partial charge in [-0.15, -0.1) is 0 Å². The van der Waals surface area contributed by atoms with Gasteiger partial charge in [0.15, 0.2) is 0 Å². The Morgan fingerprint density at radius 1 is 1.11 bits per heavy atom. The number of ether oxygens (including phenoxy) is 3. The Labute approximate surface area is 173 Å². The van der Waals surface area contributed by atoms with Crippen LogP contribution < -0.4 is 19.5 Å². The smallest absolute Gasteiger partial charge is 0.266 e. The number of hydrogen-bond donors (Lipinski definition) is 1. The number of methoxy groups -OCH3 is 2. The van der Waals surface area contributed by atoms with E-state index in [0.29, 0.717) is 45.2 Å². The molecule has 0 unspecified atom stereocenters. The maximum Gasteiger partial charge on any atom is 0.266 e. The topological polar surface area (TPSA) is 80.6 Å². The molecule has 0 aromatic heterocycles. The van der Waals surface area contributed by atoms with E-state index in [4.69, 9.17) is 37.4 Å². The van der Waals surface area contributed by atoms with E-state index in [-0.39, 0.29) is 5.57 Å². The largest absolute Gasteiger partial charge is 0.495 e. The normalized spacial score (nSPS) is 10.8. The number of hydrogen-bond acceptors (Lipinski definition) is 5. The highest BCUT2D eigenvalue weighted by molar-refractivity contribution is 6.32. The van der Waals surface area contributed by atoms with Gasteiger partial charge in [-0.2, -0.15) is 5.26 Å². The lowest BCUT2D eigenvalue weighted by molar-refractivity contribution is -0.112. The summed E-state index contributed by atoms with van der Waals surface area (Å²) in [5.74, 6) is 0.608. The molecular weight excluding hydrogens is 403 g/mol. The molecule has 0 aliphatic carbocycles. The van der Waals surface area contributed by atoms with Gasteiger partial charge in [-0.3, -0.25) is 4.79 Å². The number of amides is 1. The molecule has 0 aliphatic heterocycles. The van der Waals surface area contributed by atoms with Crippen molar-refractivity contribution in [2.24, 2.45) is 0 Å². The van der Waals surface area contributed by atoms with Crippen molar-refractivity contribution in [1.82, 2.24) is 0 Å². The van der Waals surface area contributed by atoms with Crippen LogP contribution in [0.15, 0.2) is 35.9 Å². The summed E-state index contributed by atoms with van der Waals surface area (Å²) in [7, 11) is 2.90. The van der Waals surface area contributed by atoms with Gasteiger partial charge < -0.3 is 19.5 Å². The van der Waals surface area contributed by atoms with Crippen LogP contribution in [0.25, 0.3) is 6.08 Å². The van der Waals surface area contributed by atoms with Crippen LogP contribution in [-0.4, -0.2) is 26.7 Å². The minimum absolute atomic E-state index is 0.115. The molecule has 0 heterocycles. The van der Waals surface area contributed by atoms with E-state index in [0.717, 1.165) is 0 Å². The lowest BCUT2D eigenvalue weighted by Crippen LogP contribution is -2.14. The van der Waals surface area contributed by atoms with Crippen LogP contribution in [0, 0.1) is 11.3 Å². The van der Waals surface area contributed by atoms with E-state index in [9.17, 15) is 10.1 Å². The van der Waals surface area contributed by atoms with Crippen molar-refractivity contribution in [3.8, 4) is 23.3 Å². The fourth-order valence-corrected chi connectivity index (χ4v) is 2.82. The summed E-state index contributed by atoms with van der Waals surface area (Å²) in [6.45, 7) is 2.33. The van der Waals surface area contributed by atoms with Crippen molar-refractivity contribution in [3.05, 3.63) is 51.5 Å². The van der Waals surface area contributed by atoms with Gasteiger partial charge in [0.1, 0.15) is 28.9 Å². The van der Waals surface area contributed by atoms with Gasteiger partial charge in [0.2, 0.25) is 0 Å². The molecule has 0 aliphatic rings. The minimum atomic E-state index is -0.616. The first-order valence-corrected chi connectivity index (χ1v) is 8.96. The summed E-state index contributed by atoms with van der Waals surface area (Å²) >= 11 is 12.2. The molecule has 6 nitrogen and oxygen atoms in total. The zero-order chi connectivity index (χ0) is 20.7. The number of nitrogens with zero attached hydrogens (tertiary/aromatic N) is 1. The van der Waals surface area contributed by atoms with Crippen molar-refractivity contribution in [2.45, 2.75) is 6.92 Å². The molecule has 2 rings (SSSR count). The summed E-state index contributed by atoms with van der Waals surface area (Å²) in [5.41, 5.74) is 0.789. The first kappa shape index (κ1) is 21.4. The molecule has 0 atom stereocenters. The Balaban J connectivity index is 2.31. The number of nitriles is 1. The Morgan fingerprint density at radius 2 is 1.79 bits per heavy atom. The fraction of sp³-hybridized carbons (Fsp3) is 0.200. The van der Waals surface area contributed by atoms with Crippen molar-refractivity contribution >= 4 is 40.9 Å². The molecule has 0 radical (unpaired) electrons. The number of halogens is 2. The molecule has 0 saturated carbocycles. The lowest BCUT2D eigenvalue weighted by atomic mass is 10.1. The molecular formula is C20H18Cl2N2O4. The van der Waals surface area contributed by atoms with Crippen molar-refractivity contribution in [2.75, 3.05) is 26.1 Å². The van der Waals surface area contributed by atoms with E-state index in [2.05, 4.69) is 5.32 Å². The van der Waals surface area contributed by atoms with Crippen LogP contribution >= 0.6 is 23.2 Å². The number of carbonyl (C=O) groups is 1. The summed E-state index contributed by atoms with van der Waals surface area (Å²) in [5, 5.41) is 12.7. The Bertz CT molecular complexity index is 952. The second-order valence-electron chi connectivity index (χ2n) is 5.43. The van der Waals surface area contributed by atoms with Crippen LogP contribution in [0.4, 0.5) is 5.69 Å². The van der Waals surface area contributed by atoms with Crippen molar-refractivity contribution in [3.63, 3.8) is 0 Å². The maximum atomic E-state index is 12.6. The number of benzene rings is 2. The van der Waals surface area contributed by atoms with Gasteiger partial charge in [-0.05, 0) is 30.7 Å².